The molecular weight excluding hydrogens is 981 g/mol. The zero-order valence-electron chi connectivity index (χ0n) is 48.1. The molecule has 4 N–H and O–H groups in total. The number of hydrogen-bond donors (Lipinski definition) is 4. The number of allylic oxidation sites excluding steroid dienone is 12. The van der Waals surface area contributed by atoms with Crippen LogP contribution < -0.4 is 0 Å². The molecule has 6 atom stereocenters. The van der Waals surface area contributed by atoms with Crippen LogP contribution in [0.2, 0.25) is 0 Å². The van der Waals surface area contributed by atoms with Gasteiger partial charge in [-0.05, 0) is 64.2 Å². The van der Waals surface area contributed by atoms with Crippen molar-refractivity contribution in [1.29, 1.82) is 0 Å². The average Bonchev–Trinajstić information content (AvgIpc) is 3.40. The maximum atomic E-state index is 13.0. The van der Waals surface area contributed by atoms with Gasteiger partial charge in [0.2, 0.25) is 0 Å². The molecular formula is C63H112O12S. The van der Waals surface area contributed by atoms with Crippen LogP contribution in [0.4, 0.5) is 0 Å². The summed E-state index contributed by atoms with van der Waals surface area (Å²) in [5, 5.41) is 30.9. The van der Waals surface area contributed by atoms with Gasteiger partial charge >= 0.3 is 16.4 Å². The van der Waals surface area contributed by atoms with Crippen LogP contribution in [0.1, 0.15) is 258 Å². The Morgan fingerprint density at radius 2 is 0.908 bits per heavy atom. The van der Waals surface area contributed by atoms with Crippen LogP contribution in [0.5, 0.6) is 0 Å². The van der Waals surface area contributed by atoms with E-state index in [0.717, 1.165) is 89.9 Å². The number of unbranched alkanes of at least 4 members (excludes halogenated alkanes) is 29. The van der Waals surface area contributed by atoms with Crippen molar-refractivity contribution in [3.05, 3.63) is 72.9 Å². The highest BCUT2D eigenvalue weighted by molar-refractivity contribution is 7.80. The second-order valence-electron chi connectivity index (χ2n) is 20.9. The van der Waals surface area contributed by atoms with Crippen LogP contribution in [0, 0.1) is 0 Å². The van der Waals surface area contributed by atoms with Gasteiger partial charge in [-0.3, -0.25) is 9.35 Å². The molecule has 76 heavy (non-hydrogen) atoms. The van der Waals surface area contributed by atoms with E-state index in [4.69, 9.17) is 18.9 Å². The first-order chi connectivity index (χ1) is 37.1. The molecule has 0 aromatic heterocycles. The van der Waals surface area contributed by atoms with Crippen LogP contribution in [0.25, 0.3) is 0 Å². The average molecular weight is 1090 g/mol. The van der Waals surface area contributed by atoms with Crippen molar-refractivity contribution in [2.24, 2.45) is 0 Å². The van der Waals surface area contributed by atoms with Crippen LogP contribution in [-0.2, 0) is 38.3 Å². The fourth-order valence-electron chi connectivity index (χ4n) is 9.27. The van der Waals surface area contributed by atoms with Crippen LogP contribution in [0.15, 0.2) is 72.9 Å². The lowest BCUT2D eigenvalue weighted by Crippen LogP contribution is -2.60. The Morgan fingerprint density at radius 1 is 0.513 bits per heavy atom. The maximum absolute atomic E-state index is 13.0. The van der Waals surface area contributed by atoms with E-state index in [1.807, 2.05) is 0 Å². The third-order valence-corrected chi connectivity index (χ3v) is 14.3. The molecule has 1 rings (SSSR count). The lowest BCUT2D eigenvalue weighted by molar-refractivity contribution is -0.301. The standard InChI is InChI=1S/C63H112O12S/c1-3-5-7-9-11-13-15-17-19-21-23-25-27-28-29-31-33-35-37-39-41-43-45-47-49-51-53-71-55-57(56-72-63-61(67)62(75-76(68,69)70)60(66)58(54-64)74-63)73-59(65)52-50-48-46-44-42-40-38-36-34-32-30-26-24-22-20-18-16-14-12-10-8-6-4-2/h5,7,11,13,17,19,23,25,28-29,33,35,57-58,60-64,66-67H,3-4,6,8-10,12,14-16,18,20-22,24,26-27,30-32,34,36-56H2,1-2H3,(H,68,69,70)/b7-5-,13-11-,19-17-,25-23-,29-28-,35-33-. The molecule has 13 heteroatoms. The molecule has 0 radical (unpaired) electrons. The molecule has 1 aliphatic heterocycles. The molecule has 1 aliphatic rings. The Balaban J connectivity index is 2.28. The fraction of sp³-hybridized carbons (Fsp3) is 0.794. The van der Waals surface area contributed by atoms with Gasteiger partial charge in [-0.2, -0.15) is 8.42 Å². The minimum absolute atomic E-state index is 0.0273. The van der Waals surface area contributed by atoms with Crippen molar-refractivity contribution in [1.82, 2.24) is 0 Å². The van der Waals surface area contributed by atoms with E-state index >= 15 is 0 Å². The van der Waals surface area contributed by atoms with E-state index in [1.54, 1.807) is 0 Å². The summed E-state index contributed by atoms with van der Waals surface area (Å²) in [6.07, 6.45) is 62.3. The van der Waals surface area contributed by atoms with Crippen molar-refractivity contribution in [2.45, 2.75) is 295 Å². The first kappa shape index (κ1) is 71.6. The van der Waals surface area contributed by atoms with Gasteiger partial charge in [0.05, 0.1) is 19.8 Å². The van der Waals surface area contributed by atoms with Gasteiger partial charge in [-0.1, -0.05) is 260 Å². The monoisotopic (exact) mass is 1090 g/mol. The summed E-state index contributed by atoms with van der Waals surface area (Å²) in [4.78, 5) is 13.0. The first-order valence-corrected chi connectivity index (χ1v) is 32.1. The van der Waals surface area contributed by atoms with Gasteiger partial charge < -0.3 is 34.3 Å². The van der Waals surface area contributed by atoms with E-state index in [0.29, 0.717) is 13.0 Å². The third-order valence-electron chi connectivity index (χ3n) is 13.8. The summed E-state index contributed by atoms with van der Waals surface area (Å²) in [6, 6.07) is 0. The van der Waals surface area contributed by atoms with Crippen molar-refractivity contribution in [2.75, 3.05) is 26.4 Å². The van der Waals surface area contributed by atoms with Crippen molar-refractivity contribution in [3.63, 3.8) is 0 Å². The number of esters is 1. The lowest BCUT2D eigenvalue weighted by atomic mass is 9.99. The Bertz CT molecular complexity index is 1590. The molecule has 1 fully saturated rings. The molecule has 0 amide bonds. The van der Waals surface area contributed by atoms with Crippen molar-refractivity contribution in [3.8, 4) is 0 Å². The van der Waals surface area contributed by atoms with E-state index in [-0.39, 0.29) is 19.6 Å². The molecule has 0 spiro atoms. The minimum Gasteiger partial charge on any atom is -0.457 e. The Hall–Kier alpha value is -2.46. The molecule has 0 aromatic rings. The van der Waals surface area contributed by atoms with E-state index in [1.165, 1.54) is 141 Å². The zero-order chi connectivity index (χ0) is 55.3. The number of hydrogen-bond acceptors (Lipinski definition) is 11. The van der Waals surface area contributed by atoms with Gasteiger partial charge in [-0.25, -0.2) is 4.18 Å². The summed E-state index contributed by atoms with van der Waals surface area (Å²) in [7, 11) is -5.07. The first-order valence-electron chi connectivity index (χ1n) is 30.7. The molecule has 1 saturated heterocycles. The maximum Gasteiger partial charge on any atom is 0.397 e. The number of rotatable bonds is 54. The second kappa shape index (κ2) is 53.2. The summed E-state index contributed by atoms with van der Waals surface area (Å²) >= 11 is 0. The SMILES string of the molecule is CC/C=C\C/C=C\C/C=C\C/C=C\C/C=C\C/C=C\CCCCCCCCCOCC(COC1OC(CO)C(O)C(OS(=O)(=O)O)C1O)OC(=O)CCCCCCCCCCCCCCCCCCCCCCCCC. The predicted octanol–water partition coefficient (Wildman–Crippen LogP) is 15.8. The summed E-state index contributed by atoms with van der Waals surface area (Å²) in [5.74, 6) is -0.400. The van der Waals surface area contributed by atoms with Gasteiger partial charge in [0.1, 0.15) is 30.5 Å². The highest BCUT2D eigenvalue weighted by Gasteiger charge is 2.48. The number of aliphatic hydroxyl groups is 3. The van der Waals surface area contributed by atoms with Crippen LogP contribution in [-0.4, -0.2) is 97.5 Å². The molecule has 6 unspecified atom stereocenters. The molecule has 0 bridgehead atoms. The third kappa shape index (κ3) is 45.4. The fourth-order valence-corrected chi connectivity index (χ4v) is 9.78. The van der Waals surface area contributed by atoms with Gasteiger partial charge in [0.25, 0.3) is 0 Å². The summed E-state index contributed by atoms with van der Waals surface area (Å²) in [6.45, 7) is 3.89. The Labute approximate surface area is 464 Å². The predicted molar refractivity (Wildman–Crippen MR) is 312 cm³/mol. The van der Waals surface area contributed by atoms with Crippen molar-refractivity contribution >= 4 is 16.4 Å². The smallest absolute Gasteiger partial charge is 0.397 e. The molecule has 0 aliphatic carbocycles. The second-order valence-corrected chi connectivity index (χ2v) is 22.0. The lowest BCUT2D eigenvalue weighted by Gasteiger charge is -2.41. The van der Waals surface area contributed by atoms with Gasteiger partial charge in [0, 0.05) is 13.0 Å². The number of carbonyl (C=O) groups is 1. The van der Waals surface area contributed by atoms with Gasteiger partial charge in [0.15, 0.2) is 6.29 Å². The molecule has 12 nitrogen and oxygen atoms in total. The molecule has 0 aromatic carbocycles. The summed E-state index contributed by atoms with van der Waals surface area (Å²) in [5.41, 5.74) is 0. The minimum atomic E-state index is -5.07. The quantitative estimate of drug-likeness (QED) is 0.0196. The van der Waals surface area contributed by atoms with Crippen molar-refractivity contribution < 1.29 is 56.2 Å². The van der Waals surface area contributed by atoms with Crippen LogP contribution >= 0.6 is 0 Å². The van der Waals surface area contributed by atoms with E-state index < -0.39 is 59.8 Å². The molecule has 442 valence electrons. The number of carbonyl (C=O) groups excluding carboxylic acids is 1. The van der Waals surface area contributed by atoms with E-state index in [9.17, 15) is 33.1 Å². The van der Waals surface area contributed by atoms with E-state index in [2.05, 4.69) is 90.9 Å². The van der Waals surface area contributed by atoms with Gasteiger partial charge in [-0.15, -0.1) is 0 Å². The Morgan fingerprint density at radius 3 is 1.33 bits per heavy atom. The highest BCUT2D eigenvalue weighted by Crippen LogP contribution is 2.26. The highest BCUT2D eigenvalue weighted by atomic mass is 32.3. The Kier molecular flexibility index (Phi) is 50.1. The van der Waals surface area contributed by atoms with Crippen LogP contribution in [0.3, 0.4) is 0 Å². The number of aliphatic hydroxyl groups excluding tert-OH is 3. The number of ether oxygens (including phenoxy) is 4. The largest absolute Gasteiger partial charge is 0.457 e. The topological polar surface area (TPSA) is 178 Å². The normalized spacial score (nSPS) is 19.1. The molecule has 0 saturated carbocycles. The molecule has 1 heterocycles. The summed E-state index contributed by atoms with van der Waals surface area (Å²) < 4.78 is 59.5. The zero-order valence-corrected chi connectivity index (χ0v) is 48.9.